The lowest BCUT2D eigenvalue weighted by atomic mass is 10.2. The number of rotatable bonds is 3. The zero-order valence-electron chi connectivity index (χ0n) is 6.67. The molecule has 1 aromatic heterocycles. The molecule has 2 nitrogen and oxygen atoms in total. The zero-order valence-corrected chi connectivity index (χ0v) is 7.56. The third kappa shape index (κ3) is 1.97. The summed E-state index contributed by atoms with van der Waals surface area (Å²) in [5.41, 5.74) is 0.467. The summed E-state index contributed by atoms with van der Waals surface area (Å²) in [6, 6.07) is 0. The minimum Gasteiger partial charge on any atom is -0.275 e. The van der Waals surface area contributed by atoms with Crippen LogP contribution in [0.5, 0.6) is 0 Å². The molecule has 0 unspecified atom stereocenters. The third-order valence-electron chi connectivity index (χ3n) is 1.52. The average Bonchev–Trinajstić information content (AvgIpc) is 2.32. The quantitative estimate of drug-likeness (QED) is 0.723. The highest BCUT2D eigenvalue weighted by atomic mass is 32.1. The van der Waals surface area contributed by atoms with E-state index in [1.54, 1.807) is 13.2 Å². The molecule has 12 heavy (non-hydrogen) atoms. The summed E-state index contributed by atoms with van der Waals surface area (Å²) in [6.45, 7) is 0. The number of hydrogen-bond donors (Lipinski definition) is 1. The van der Waals surface area contributed by atoms with Crippen molar-refractivity contribution in [3.8, 4) is 0 Å². The van der Waals surface area contributed by atoms with Crippen molar-refractivity contribution >= 4 is 12.6 Å². The van der Waals surface area contributed by atoms with Crippen molar-refractivity contribution in [2.24, 2.45) is 7.05 Å². The van der Waals surface area contributed by atoms with Gasteiger partial charge in [0.1, 0.15) is 5.69 Å². The molecule has 5 heteroatoms. The second kappa shape index (κ2) is 3.89. The minimum absolute atomic E-state index is 0.119. The lowest BCUT2D eigenvalue weighted by Gasteiger charge is -1.96. The smallest absolute Gasteiger partial charge is 0.275 e. The standard InChI is InChI=1S/C7H10F2N2S/c1-11-4-5(2-3-12)6(10-11)7(8)9/h4,7,12H,2-3H2,1H3. The summed E-state index contributed by atoms with van der Waals surface area (Å²) < 4.78 is 25.9. The summed E-state index contributed by atoms with van der Waals surface area (Å²) in [5.74, 6) is 0.561. The first kappa shape index (κ1) is 9.51. The maximum atomic E-state index is 12.3. The number of halogens is 2. The van der Waals surface area contributed by atoms with Crippen LogP contribution in [-0.2, 0) is 13.5 Å². The molecule has 68 valence electrons. The summed E-state index contributed by atoms with van der Waals surface area (Å²) in [6.07, 6.45) is -0.338. The monoisotopic (exact) mass is 192 g/mol. The fourth-order valence-electron chi connectivity index (χ4n) is 1.05. The molecular weight excluding hydrogens is 182 g/mol. The van der Waals surface area contributed by atoms with Crippen molar-refractivity contribution in [1.29, 1.82) is 0 Å². The van der Waals surface area contributed by atoms with Crippen LogP contribution in [-0.4, -0.2) is 15.5 Å². The molecule has 0 saturated heterocycles. The molecule has 0 aliphatic carbocycles. The van der Waals surface area contributed by atoms with Crippen LogP contribution in [0.25, 0.3) is 0 Å². The van der Waals surface area contributed by atoms with Gasteiger partial charge in [0.25, 0.3) is 6.43 Å². The van der Waals surface area contributed by atoms with Gasteiger partial charge < -0.3 is 0 Å². The van der Waals surface area contributed by atoms with Crippen LogP contribution in [0.15, 0.2) is 6.20 Å². The molecule has 0 aromatic carbocycles. The van der Waals surface area contributed by atoms with E-state index in [0.717, 1.165) is 0 Å². The van der Waals surface area contributed by atoms with Crippen LogP contribution in [0.2, 0.25) is 0 Å². The molecule has 0 atom stereocenters. The molecule has 0 aliphatic heterocycles. The molecule has 1 rings (SSSR count). The van der Waals surface area contributed by atoms with Crippen LogP contribution in [0.4, 0.5) is 8.78 Å². The summed E-state index contributed by atoms with van der Waals surface area (Å²) >= 11 is 3.97. The van der Waals surface area contributed by atoms with Gasteiger partial charge in [0, 0.05) is 13.2 Å². The van der Waals surface area contributed by atoms with E-state index in [4.69, 9.17) is 0 Å². The molecule has 0 fully saturated rings. The van der Waals surface area contributed by atoms with E-state index in [-0.39, 0.29) is 5.69 Å². The molecule has 0 amide bonds. The molecule has 1 aromatic rings. The molecule has 1 heterocycles. The number of aromatic nitrogens is 2. The van der Waals surface area contributed by atoms with Gasteiger partial charge in [-0.3, -0.25) is 4.68 Å². The van der Waals surface area contributed by atoms with E-state index in [1.165, 1.54) is 4.68 Å². The van der Waals surface area contributed by atoms with Crippen molar-refractivity contribution in [3.63, 3.8) is 0 Å². The van der Waals surface area contributed by atoms with Crippen LogP contribution < -0.4 is 0 Å². The summed E-state index contributed by atoms with van der Waals surface area (Å²) in [4.78, 5) is 0. The van der Waals surface area contributed by atoms with E-state index < -0.39 is 6.43 Å². The van der Waals surface area contributed by atoms with Gasteiger partial charge in [0.05, 0.1) is 0 Å². The molecular formula is C7H10F2N2S. The number of thiol groups is 1. The second-order valence-electron chi connectivity index (χ2n) is 2.49. The molecule has 0 radical (unpaired) electrons. The molecule has 0 saturated carbocycles. The number of nitrogens with zero attached hydrogens (tertiary/aromatic N) is 2. The highest BCUT2D eigenvalue weighted by Crippen LogP contribution is 2.21. The Morgan fingerprint density at radius 3 is 2.83 bits per heavy atom. The van der Waals surface area contributed by atoms with Gasteiger partial charge in [0.15, 0.2) is 0 Å². The van der Waals surface area contributed by atoms with Crippen molar-refractivity contribution in [3.05, 3.63) is 17.5 Å². The van der Waals surface area contributed by atoms with Gasteiger partial charge in [0.2, 0.25) is 0 Å². The highest BCUT2D eigenvalue weighted by Gasteiger charge is 2.16. The first-order valence-electron chi connectivity index (χ1n) is 3.56. The number of aryl methyl sites for hydroxylation is 2. The van der Waals surface area contributed by atoms with E-state index in [0.29, 0.717) is 17.7 Å². The zero-order chi connectivity index (χ0) is 9.14. The van der Waals surface area contributed by atoms with Gasteiger partial charge in [-0.05, 0) is 17.7 Å². The van der Waals surface area contributed by atoms with Gasteiger partial charge in [-0.1, -0.05) is 0 Å². The van der Waals surface area contributed by atoms with Gasteiger partial charge in [-0.2, -0.15) is 17.7 Å². The number of alkyl halides is 2. The normalized spacial score (nSPS) is 11.1. The highest BCUT2D eigenvalue weighted by molar-refractivity contribution is 7.80. The fourth-order valence-corrected chi connectivity index (χ4v) is 1.29. The fraction of sp³-hybridized carbons (Fsp3) is 0.571. The lowest BCUT2D eigenvalue weighted by Crippen LogP contribution is -1.93. The van der Waals surface area contributed by atoms with Crippen LogP contribution in [0, 0.1) is 0 Å². The van der Waals surface area contributed by atoms with Crippen molar-refractivity contribution in [2.45, 2.75) is 12.8 Å². The van der Waals surface area contributed by atoms with Crippen molar-refractivity contribution in [1.82, 2.24) is 9.78 Å². The Morgan fingerprint density at radius 2 is 2.33 bits per heavy atom. The van der Waals surface area contributed by atoms with Gasteiger partial charge in [-0.15, -0.1) is 0 Å². The lowest BCUT2D eigenvalue weighted by molar-refractivity contribution is 0.144. The Labute approximate surface area is 75.0 Å². The van der Waals surface area contributed by atoms with E-state index in [9.17, 15) is 8.78 Å². The Morgan fingerprint density at radius 1 is 1.67 bits per heavy atom. The van der Waals surface area contributed by atoms with Crippen LogP contribution >= 0.6 is 12.6 Å². The maximum absolute atomic E-state index is 12.3. The second-order valence-corrected chi connectivity index (χ2v) is 2.93. The SMILES string of the molecule is Cn1cc(CCS)c(C(F)F)n1. The Balaban J connectivity index is 2.92. The number of hydrogen-bond acceptors (Lipinski definition) is 2. The van der Waals surface area contributed by atoms with E-state index in [1.807, 2.05) is 0 Å². The molecule has 0 N–H and O–H groups in total. The van der Waals surface area contributed by atoms with E-state index in [2.05, 4.69) is 17.7 Å². The maximum Gasteiger partial charge on any atom is 0.282 e. The average molecular weight is 192 g/mol. The van der Waals surface area contributed by atoms with E-state index >= 15 is 0 Å². The van der Waals surface area contributed by atoms with Crippen molar-refractivity contribution < 1.29 is 8.78 Å². The largest absolute Gasteiger partial charge is 0.282 e. The first-order chi connectivity index (χ1) is 5.65. The van der Waals surface area contributed by atoms with Crippen LogP contribution in [0.1, 0.15) is 17.7 Å². The minimum atomic E-state index is -2.49. The Hall–Kier alpha value is -0.580. The third-order valence-corrected chi connectivity index (χ3v) is 1.75. The topological polar surface area (TPSA) is 17.8 Å². The summed E-state index contributed by atoms with van der Waals surface area (Å²) in [5, 5.41) is 3.66. The predicted octanol–water partition coefficient (Wildman–Crippen LogP) is 1.83. The predicted molar refractivity (Wildman–Crippen MR) is 45.7 cm³/mol. The first-order valence-corrected chi connectivity index (χ1v) is 4.20. The van der Waals surface area contributed by atoms with Gasteiger partial charge in [-0.25, -0.2) is 8.78 Å². The Kier molecular flexibility index (Phi) is 3.08. The summed E-state index contributed by atoms with van der Waals surface area (Å²) in [7, 11) is 1.63. The molecule has 0 bridgehead atoms. The Bertz CT molecular complexity index is 260. The molecule has 0 spiro atoms. The van der Waals surface area contributed by atoms with Crippen LogP contribution in [0.3, 0.4) is 0 Å². The van der Waals surface area contributed by atoms with Gasteiger partial charge >= 0.3 is 0 Å². The molecule has 0 aliphatic rings. The van der Waals surface area contributed by atoms with Crippen molar-refractivity contribution in [2.75, 3.05) is 5.75 Å².